The molecule has 1 heterocycles. The van der Waals surface area contributed by atoms with E-state index in [0.29, 0.717) is 5.69 Å². The summed E-state index contributed by atoms with van der Waals surface area (Å²) >= 11 is 5.45. The Hall–Kier alpha value is -1.24. The van der Waals surface area contributed by atoms with E-state index >= 15 is 0 Å². The standard InChI is InChI=1S/C10H13ClN2O4/c1-6-8(10(15)9(14)2-3-11)4-7(5-12-6)13(16)17/h4-5,9-10,14-15H,2-3H2,1H3. The lowest BCUT2D eigenvalue weighted by Gasteiger charge is -2.18. The SMILES string of the molecule is Cc1ncc([N+](=O)[O-])cc1C(O)C(O)CCCl. The van der Waals surface area contributed by atoms with Crippen molar-refractivity contribution in [1.29, 1.82) is 0 Å². The quantitative estimate of drug-likeness (QED) is 0.473. The predicted octanol–water partition coefficient (Wildman–Crippen LogP) is 1.32. The molecular formula is C10H13ClN2O4. The van der Waals surface area contributed by atoms with Crippen molar-refractivity contribution in [2.75, 3.05) is 5.88 Å². The van der Waals surface area contributed by atoms with Crippen molar-refractivity contribution in [1.82, 2.24) is 4.98 Å². The molecule has 0 aliphatic rings. The van der Waals surface area contributed by atoms with Crippen LogP contribution >= 0.6 is 11.6 Å². The lowest BCUT2D eigenvalue weighted by atomic mass is 10.0. The molecule has 0 bridgehead atoms. The van der Waals surface area contributed by atoms with Gasteiger partial charge >= 0.3 is 0 Å². The van der Waals surface area contributed by atoms with Gasteiger partial charge in [-0.05, 0) is 13.3 Å². The fourth-order valence-electron chi connectivity index (χ4n) is 1.41. The molecule has 0 saturated carbocycles. The molecule has 7 heteroatoms. The van der Waals surface area contributed by atoms with Crippen molar-refractivity contribution in [3.8, 4) is 0 Å². The van der Waals surface area contributed by atoms with Gasteiger partial charge in [0.05, 0.1) is 11.0 Å². The second-order valence-corrected chi connectivity index (χ2v) is 3.99. The molecule has 1 aromatic heterocycles. The molecule has 6 nitrogen and oxygen atoms in total. The Morgan fingerprint density at radius 1 is 1.59 bits per heavy atom. The second-order valence-electron chi connectivity index (χ2n) is 3.62. The van der Waals surface area contributed by atoms with Crippen molar-refractivity contribution >= 4 is 17.3 Å². The van der Waals surface area contributed by atoms with Crippen molar-refractivity contribution < 1.29 is 15.1 Å². The topological polar surface area (TPSA) is 96.5 Å². The van der Waals surface area contributed by atoms with E-state index in [1.54, 1.807) is 6.92 Å². The third-order valence-electron chi connectivity index (χ3n) is 2.41. The number of aliphatic hydroxyl groups excluding tert-OH is 2. The monoisotopic (exact) mass is 260 g/mol. The number of aryl methyl sites for hydroxylation is 1. The van der Waals surface area contributed by atoms with Crippen LogP contribution in [0.5, 0.6) is 0 Å². The van der Waals surface area contributed by atoms with E-state index in [2.05, 4.69) is 4.98 Å². The summed E-state index contributed by atoms with van der Waals surface area (Å²) in [5.41, 5.74) is 0.469. The Labute approximate surface area is 103 Å². The maximum atomic E-state index is 10.6. The number of halogens is 1. The van der Waals surface area contributed by atoms with Gasteiger partial charge in [0.15, 0.2) is 0 Å². The summed E-state index contributed by atoms with van der Waals surface area (Å²) in [6.07, 6.45) is -0.971. The van der Waals surface area contributed by atoms with E-state index in [1.807, 2.05) is 0 Å². The first kappa shape index (κ1) is 13.8. The summed E-state index contributed by atoms with van der Waals surface area (Å²) in [5, 5.41) is 30.0. The van der Waals surface area contributed by atoms with Crippen LogP contribution in [-0.2, 0) is 0 Å². The molecule has 2 N–H and O–H groups in total. The summed E-state index contributed by atoms with van der Waals surface area (Å²) in [5.74, 6) is 0.194. The number of hydrogen-bond donors (Lipinski definition) is 2. The molecule has 0 radical (unpaired) electrons. The molecule has 2 atom stereocenters. The Bertz CT molecular complexity index is 413. The first-order chi connectivity index (χ1) is 7.97. The highest BCUT2D eigenvalue weighted by Gasteiger charge is 2.22. The van der Waals surface area contributed by atoms with Crippen LogP contribution in [0.3, 0.4) is 0 Å². The third kappa shape index (κ3) is 3.36. The van der Waals surface area contributed by atoms with Crippen LogP contribution in [0.4, 0.5) is 5.69 Å². The highest BCUT2D eigenvalue weighted by molar-refractivity contribution is 6.17. The first-order valence-corrected chi connectivity index (χ1v) is 5.54. The first-order valence-electron chi connectivity index (χ1n) is 5.00. The summed E-state index contributed by atoms with van der Waals surface area (Å²) in [6, 6.07) is 1.21. The van der Waals surface area contributed by atoms with E-state index in [0.717, 1.165) is 6.20 Å². The van der Waals surface area contributed by atoms with Gasteiger partial charge < -0.3 is 10.2 Å². The molecule has 0 fully saturated rings. The molecule has 17 heavy (non-hydrogen) atoms. The van der Waals surface area contributed by atoms with Crippen molar-refractivity contribution in [2.24, 2.45) is 0 Å². The van der Waals surface area contributed by atoms with Gasteiger partial charge in [-0.25, -0.2) is 0 Å². The fraction of sp³-hybridized carbons (Fsp3) is 0.500. The van der Waals surface area contributed by atoms with Crippen molar-refractivity contribution in [2.45, 2.75) is 25.6 Å². The molecule has 0 aliphatic heterocycles. The lowest BCUT2D eigenvalue weighted by Crippen LogP contribution is -2.20. The van der Waals surface area contributed by atoms with Crippen LogP contribution < -0.4 is 0 Å². The van der Waals surface area contributed by atoms with Crippen LogP contribution in [-0.4, -0.2) is 32.1 Å². The van der Waals surface area contributed by atoms with Gasteiger partial charge in [-0.1, -0.05) is 0 Å². The van der Waals surface area contributed by atoms with E-state index in [-0.39, 0.29) is 23.6 Å². The molecule has 2 unspecified atom stereocenters. The number of rotatable bonds is 5. The number of aromatic nitrogens is 1. The van der Waals surface area contributed by atoms with E-state index < -0.39 is 17.1 Å². The molecule has 0 spiro atoms. The average Bonchev–Trinajstić information content (AvgIpc) is 2.28. The molecule has 0 saturated heterocycles. The zero-order valence-electron chi connectivity index (χ0n) is 9.21. The number of pyridine rings is 1. The fourth-order valence-corrected chi connectivity index (χ4v) is 1.64. The zero-order valence-corrected chi connectivity index (χ0v) is 9.96. The maximum absolute atomic E-state index is 10.6. The third-order valence-corrected chi connectivity index (χ3v) is 2.63. The van der Waals surface area contributed by atoms with Crippen LogP contribution in [0.15, 0.2) is 12.3 Å². The highest BCUT2D eigenvalue weighted by Crippen LogP contribution is 2.25. The number of alkyl halides is 1. The van der Waals surface area contributed by atoms with Crippen LogP contribution in [0.25, 0.3) is 0 Å². The number of nitrogens with zero attached hydrogens (tertiary/aromatic N) is 2. The molecule has 0 aromatic carbocycles. The minimum atomic E-state index is -1.22. The Kier molecular flexibility index (Phi) is 4.80. The Morgan fingerprint density at radius 3 is 2.76 bits per heavy atom. The summed E-state index contributed by atoms with van der Waals surface area (Å²) < 4.78 is 0. The molecule has 1 rings (SSSR count). The zero-order chi connectivity index (χ0) is 13.0. The largest absolute Gasteiger partial charge is 0.390 e. The van der Waals surface area contributed by atoms with E-state index in [1.165, 1.54) is 6.07 Å². The van der Waals surface area contributed by atoms with Crippen LogP contribution in [0.2, 0.25) is 0 Å². The van der Waals surface area contributed by atoms with Gasteiger partial charge in [-0.3, -0.25) is 15.1 Å². The van der Waals surface area contributed by atoms with Gasteiger partial charge in [-0.15, -0.1) is 11.6 Å². The van der Waals surface area contributed by atoms with Crippen LogP contribution in [0, 0.1) is 17.0 Å². The van der Waals surface area contributed by atoms with Gasteiger partial charge in [0, 0.05) is 23.2 Å². The van der Waals surface area contributed by atoms with E-state index in [9.17, 15) is 20.3 Å². The number of aliphatic hydroxyl groups is 2. The van der Waals surface area contributed by atoms with Gasteiger partial charge in [0.1, 0.15) is 12.3 Å². The normalized spacial score (nSPS) is 14.4. The van der Waals surface area contributed by atoms with Crippen molar-refractivity contribution in [3.05, 3.63) is 33.6 Å². The Balaban J connectivity index is 3.03. The molecule has 0 aliphatic carbocycles. The van der Waals surface area contributed by atoms with E-state index in [4.69, 9.17) is 11.6 Å². The maximum Gasteiger partial charge on any atom is 0.287 e. The molecule has 0 amide bonds. The van der Waals surface area contributed by atoms with Crippen molar-refractivity contribution in [3.63, 3.8) is 0 Å². The van der Waals surface area contributed by atoms with Gasteiger partial charge in [-0.2, -0.15) is 0 Å². The van der Waals surface area contributed by atoms with Gasteiger partial charge in [0.25, 0.3) is 5.69 Å². The van der Waals surface area contributed by atoms with Crippen LogP contribution in [0.1, 0.15) is 23.8 Å². The molecule has 94 valence electrons. The lowest BCUT2D eigenvalue weighted by molar-refractivity contribution is -0.385. The minimum absolute atomic E-state index is 0.194. The van der Waals surface area contributed by atoms with Gasteiger partial charge in [0.2, 0.25) is 0 Å². The number of nitro groups is 1. The smallest absolute Gasteiger partial charge is 0.287 e. The molecule has 1 aromatic rings. The highest BCUT2D eigenvalue weighted by atomic mass is 35.5. The second kappa shape index (κ2) is 5.90. The Morgan fingerprint density at radius 2 is 2.24 bits per heavy atom. The minimum Gasteiger partial charge on any atom is -0.390 e. The molecular weight excluding hydrogens is 248 g/mol. The summed E-state index contributed by atoms with van der Waals surface area (Å²) in [7, 11) is 0. The predicted molar refractivity (Wildman–Crippen MR) is 61.9 cm³/mol. The summed E-state index contributed by atoms with van der Waals surface area (Å²) in [4.78, 5) is 13.8. The summed E-state index contributed by atoms with van der Waals surface area (Å²) in [6.45, 7) is 1.61. The average molecular weight is 261 g/mol. The number of hydrogen-bond acceptors (Lipinski definition) is 5.